The van der Waals surface area contributed by atoms with Crippen LogP contribution in [0, 0.1) is 0 Å². The van der Waals surface area contributed by atoms with Crippen molar-refractivity contribution in [2.24, 2.45) is 0 Å². The third-order valence-corrected chi connectivity index (χ3v) is 4.11. The van der Waals surface area contributed by atoms with Crippen LogP contribution < -0.4 is 5.32 Å². The summed E-state index contributed by atoms with van der Waals surface area (Å²) in [6.07, 6.45) is 6.57. The summed E-state index contributed by atoms with van der Waals surface area (Å²) in [5.74, 6) is 0.0248. The van der Waals surface area contributed by atoms with E-state index in [1.54, 1.807) is 12.3 Å². The number of rotatable bonds is 1. The minimum atomic E-state index is 0.0248. The molecule has 2 unspecified atom stereocenters. The molecule has 2 fully saturated rings. The van der Waals surface area contributed by atoms with Crippen LogP contribution in [0.25, 0.3) is 0 Å². The molecule has 0 aromatic carbocycles. The Hall–Kier alpha value is -1.13. The Morgan fingerprint density at radius 2 is 2.22 bits per heavy atom. The van der Waals surface area contributed by atoms with E-state index in [0.29, 0.717) is 22.7 Å². The number of hydrogen-bond acceptors (Lipinski definition) is 3. The Kier molecular flexibility index (Phi) is 3.22. The number of nitrogens with zero attached hydrogens (tertiary/aromatic N) is 2. The summed E-state index contributed by atoms with van der Waals surface area (Å²) in [5.41, 5.74) is 0.560. The molecule has 2 saturated heterocycles. The summed E-state index contributed by atoms with van der Waals surface area (Å²) in [4.78, 5) is 18.3. The first-order valence-electron chi connectivity index (χ1n) is 6.39. The average molecular weight is 266 g/mol. The Labute approximate surface area is 111 Å². The third kappa shape index (κ3) is 2.22. The predicted molar refractivity (Wildman–Crippen MR) is 69.7 cm³/mol. The number of nitrogens with one attached hydrogen (secondary N) is 1. The summed E-state index contributed by atoms with van der Waals surface area (Å²) >= 11 is 6.03. The first-order valence-corrected chi connectivity index (χ1v) is 6.76. The number of carbonyl (C=O) groups excluding carboxylic acids is 1. The number of likely N-dealkylation sites (tertiary alicyclic amines) is 1. The van der Waals surface area contributed by atoms with E-state index in [2.05, 4.69) is 10.3 Å². The van der Waals surface area contributed by atoms with Gasteiger partial charge in [0.25, 0.3) is 5.91 Å². The minimum Gasteiger partial charge on any atom is -0.337 e. The van der Waals surface area contributed by atoms with Crippen LogP contribution in [0.1, 0.15) is 29.6 Å². The van der Waals surface area contributed by atoms with Crippen LogP contribution in [0.3, 0.4) is 0 Å². The lowest BCUT2D eigenvalue weighted by Gasteiger charge is -2.24. The second-order valence-electron chi connectivity index (χ2n) is 5.03. The normalized spacial score (nSPS) is 27.1. The summed E-state index contributed by atoms with van der Waals surface area (Å²) in [6.45, 7) is 1.60. The Morgan fingerprint density at radius 1 is 1.39 bits per heavy atom. The average Bonchev–Trinajstić information content (AvgIpc) is 2.69. The van der Waals surface area contributed by atoms with Gasteiger partial charge in [-0.05, 0) is 25.3 Å². The van der Waals surface area contributed by atoms with Gasteiger partial charge in [-0.2, -0.15) is 0 Å². The topological polar surface area (TPSA) is 45.2 Å². The van der Waals surface area contributed by atoms with Crippen LogP contribution in [-0.2, 0) is 0 Å². The molecule has 18 heavy (non-hydrogen) atoms. The summed E-state index contributed by atoms with van der Waals surface area (Å²) in [5, 5.41) is 4.00. The van der Waals surface area contributed by atoms with Gasteiger partial charge in [-0.3, -0.25) is 9.78 Å². The highest BCUT2D eigenvalue weighted by atomic mass is 35.5. The molecule has 2 bridgehead atoms. The van der Waals surface area contributed by atoms with Crippen LogP contribution in [0.2, 0.25) is 5.02 Å². The minimum absolute atomic E-state index is 0.0248. The Balaban J connectivity index is 1.78. The monoisotopic (exact) mass is 265 g/mol. The second-order valence-corrected chi connectivity index (χ2v) is 5.44. The molecule has 4 nitrogen and oxygen atoms in total. The zero-order chi connectivity index (χ0) is 12.5. The van der Waals surface area contributed by atoms with Crippen LogP contribution >= 0.6 is 11.6 Å². The fraction of sp³-hybridized carbons (Fsp3) is 0.538. The highest BCUT2D eigenvalue weighted by molar-refractivity contribution is 6.33. The molecule has 0 spiro atoms. The molecule has 96 valence electrons. The lowest BCUT2D eigenvalue weighted by Crippen LogP contribution is -2.39. The number of halogens is 1. The third-order valence-electron chi connectivity index (χ3n) is 3.81. The maximum Gasteiger partial charge on any atom is 0.255 e. The first-order chi connectivity index (χ1) is 8.74. The van der Waals surface area contributed by atoms with Crippen molar-refractivity contribution in [2.75, 3.05) is 13.1 Å². The molecule has 0 saturated carbocycles. The predicted octanol–water partition coefficient (Wildman–Crippen LogP) is 1.70. The van der Waals surface area contributed by atoms with Crippen molar-refractivity contribution < 1.29 is 4.79 Å². The van der Waals surface area contributed by atoms with Gasteiger partial charge in [0.2, 0.25) is 0 Å². The van der Waals surface area contributed by atoms with Crippen molar-refractivity contribution in [2.45, 2.75) is 31.3 Å². The quantitative estimate of drug-likeness (QED) is 0.841. The van der Waals surface area contributed by atoms with E-state index in [4.69, 9.17) is 11.6 Å². The number of hydrogen-bond donors (Lipinski definition) is 1. The number of carbonyl (C=O) groups is 1. The lowest BCUT2D eigenvalue weighted by atomic mass is 10.1. The molecule has 1 aromatic heterocycles. The molecule has 2 aliphatic rings. The van der Waals surface area contributed by atoms with E-state index in [0.717, 1.165) is 19.5 Å². The zero-order valence-electron chi connectivity index (χ0n) is 10.1. The molecule has 2 atom stereocenters. The number of fused-ring (bicyclic) bond motifs is 2. The van der Waals surface area contributed by atoms with Gasteiger partial charge < -0.3 is 10.2 Å². The van der Waals surface area contributed by atoms with Crippen LogP contribution in [0.5, 0.6) is 0 Å². The number of pyridine rings is 1. The van der Waals surface area contributed by atoms with E-state index >= 15 is 0 Å². The maximum atomic E-state index is 12.4. The fourth-order valence-corrected chi connectivity index (χ4v) is 3.05. The molecule has 2 aliphatic heterocycles. The van der Waals surface area contributed by atoms with Gasteiger partial charge in [-0.1, -0.05) is 11.6 Å². The van der Waals surface area contributed by atoms with Gasteiger partial charge in [0.1, 0.15) is 0 Å². The van der Waals surface area contributed by atoms with Crippen molar-refractivity contribution >= 4 is 17.5 Å². The Morgan fingerprint density at radius 3 is 3.06 bits per heavy atom. The smallest absolute Gasteiger partial charge is 0.255 e. The summed E-state index contributed by atoms with van der Waals surface area (Å²) < 4.78 is 0. The van der Waals surface area contributed by atoms with Crippen LogP contribution in [-0.4, -0.2) is 41.0 Å². The molecule has 3 rings (SSSR count). The van der Waals surface area contributed by atoms with Crippen molar-refractivity contribution in [1.29, 1.82) is 0 Å². The van der Waals surface area contributed by atoms with Gasteiger partial charge in [0, 0.05) is 37.6 Å². The highest BCUT2D eigenvalue weighted by Gasteiger charge is 2.31. The van der Waals surface area contributed by atoms with Crippen molar-refractivity contribution in [3.63, 3.8) is 0 Å². The molecule has 1 aromatic rings. The molecular formula is C13H16ClN3O. The van der Waals surface area contributed by atoms with Crippen LogP contribution in [0.15, 0.2) is 18.5 Å². The van der Waals surface area contributed by atoms with E-state index in [9.17, 15) is 4.79 Å². The van der Waals surface area contributed by atoms with Crippen molar-refractivity contribution in [3.8, 4) is 0 Å². The largest absolute Gasteiger partial charge is 0.337 e. The summed E-state index contributed by atoms with van der Waals surface area (Å²) in [7, 11) is 0. The first kappa shape index (κ1) is 11.9. The van der Waals surface area contributed by atoms with E-state index in [-0.39, 0.29) is 5.91 Å². The molecule has 1 amide bonds. The fourth-order valence-electron chi connectivity index (χ4n) is 2.85. The molecule has 1 N–H and O–H groups in total. The van der Waals surface area contributed by atoms with Crippen LogP contribution in [0.4, 0.5) is 0 Å². The SMILES string of the molecule is O=C(c1ccncc1Cl)N1CCC2CCC(C1)N2. The summed E-state index contributed by atoms with van der Waals surface area (Å²) in [6, 6.07) is 2.73. The zero-order valence-corrected chi connectivity index (χ0v) is 10.9. The van der Waals surface area contributed by atoms with Gasteiger partial charge in [0.15, 0.2) is 0 Å². The van der Waals surface area contributed by atoms with Gasteiger partial charge in [-0.25, -0.2) is 0 Å². The van der Waals surface area contributed by atoms with Gasteiger partial charge in [0.05, 0.1) is 10.6 Å². The van der Waals surface area contributed by atoms with E-state index in [1.165, 1.54) is 19.0 Å². The van der Waals surface area contributed by atoms with E-state index in [1.807, 2.05) is 4.90 Å². The molecule has 3 heterocycles. The molecule has 0 radical (unpaired) electrons. The van der Waals surface area contributed by atoms with Crippen molar-refractivity contribution in [1.82, 2.24) is 15.2 Å². The van der Waals surface area contributed by atoms with Gasteiger partial charge >= 0.3 is 0 Å². The number of amides is 1. The molecule has 0 aliphatic carbocycles. The van der Waals surface area contributed by atoms with Gasteiger partial charge in [-0.15, -0.1) is 0 Å². The molecular weight excluding hydrogens is 250 g/mol. The molecule has 5 heteroatoms. The highest BCUT2D eigenvalue weighted by Crippen LogP contribution is 2.23. The lowest BCUT2D eigenvalue weighted by molar-refractivity contribution is 0.0748. The number of aromatic nitrogens is 1. The standard InChI is InChI=1S/C13H16ClN3O/c14-12-7-15-5-3-11(12)13(18)17-6-4-9-1-2-10(8-17)16-9/h3,5,7,9-10,16H,1-2,4,6,8H2. The van der Waals surface area contributed by atoms with Crippen molar-refractivity contribution in [3.05, 3.63) is 29.0 Å². The Bertz CT molecular complexity index is 465. The van der Waals surface area contributed by atoms with E-state index < -0.39 is 0 Å². The second kappa shape index (κ2) is 4.86. The maximum absolute atomic E-state index is 12.4.